The Labute approximate surface area is 255 Å². The molecule has 0 aliphatic rings. The molecule has 0 radical (unpaired) electrons. The predicted octanol–water partition coefficient (Wildman–Crippen LogP) is 6.06. The lowest BCUT2D eigenvalue weighted by Crippen LogP contribution is -2.54. The van der Waals surface area contributed by atoms with E-state index in [1.165, 1.54) is 10.6 Å². The lowest BCUT2D eigenvalue weighted by molar-refractivity contribution is -0.142. The number of anilines is 1. The summed E-state index contributed by atoms with van der Waals surface area (Å²) in [5, 5.41) is 3.55. The molecule has 3 aromatic rings. The smallest absolute Gasteiger partial charge is 0.243 e. The molecule has 0 aliphatic carbocycles. The zero-order valence-corrected chi connectivity index (χ0v) is 26.9. The second-order valence-corrected chi connectivity index (χ2v) is 14.1. The van der Waals surface area contributed by atoms with Crippen molar-refractivity contribution in [2.45, 2.75) is 72.0 Å². The maximum atomic E-state index is 14.0. The van der Waals surface area contributed by atoms with Crippen LogP contribution in [0.5, 0.6) is 0 Å². The van der Waals surface area contributed by atoms with E-state index in [0.29, 0.717) is 17.1 Å². The number of hydrogen-bond acceptors (Lipinski definition) is 4. The summed E-state index contributed by atoms with van der Waals surface area (Å²) >= 11 is 6.50. The Bertz CT molecular complexity index is 1490. The average Bonchev–Trinajstić information content (AvgIpc) is 2.90. The first-order valence-corrected chi connectivity index (χ1v) is 16.3. The molecule has 7 nitrogen and oxygen atoms in total. The highest BCUT2D eigenvalue weighted by atomic mass is 35.5. The van der Waals surface area contributed by atoms with Gasteiger partial charge in [-0.05, 0) is 75.4 Å². The summed E-state index contributed by atoms with van der Waals surface area (Å²) < 4.78 is 26.9. The van der Waals surface area contributed by atoms with Gasteiger partial charge in [-0.2, -0.15) is 0 Å². The Hall–Kier alpha value is -3.36. The lowest BCUT2D eigenvalue weighted by atomic mass is 10.00. The number of nitrogens with zero attached hydrogens (tertiary/aromatic N) is 2. The number of benzene rings is 3. The Balaban J connectivity index is 1.93. The summed E-state index contributed by atoms with van der Waals surface area (Å²) in [6, 6.07) is 21.7. The summed E-state index contributed by atoms with van der Waals surface area (Å²) in [6.45, 7) is 9.75. The number of carbonyl (C=O) groups excluding carboxylic acids is 2. The van der Waals surface area contributed by atoms with Crippen LogP contribution >= 0.6 is 11.6 Å². The third kappa shape index (κ3) is 9.60. The standard InChI is InChI=1S/C33H42ClN3O4S/c1-24-18-19-25(2)29(21-24)37(42(6,40)41)20-12-17-31(38)36(23-27-15-10-11-16-28(27)34)30(32(39)35-33(3,4)5)22-26-13-8-7-9-14-26/h7-11,13-16,18-19,21,30H,12,17,20,22-23H2,1-6H3,(H,35,39)/t30-/m1/s1. The minimum atomic E-state index is -3.59. The first-order valence-electron chi connectivity index (χ1n) is 14.1. The number of carbonyl (C=O) groups is 2. The SMILES string of the molecule is Cc1ccc(C)c(N(CCCC(=O)N(Cc2ccccc2Cl)[C@H](Cc2ccccc2)C(=O)NC(C)(C)C)S(C)(=O)=O)c1. The topological polar surface area (TPSA) is 86.8 Å². The second kappa shape index (κ2) is 14.2. The van der Waals surface area contributed by atoms with Gasteiger partial charge in [-0.3, -0.25) is 13.9 Å². The van der Waals surface area contributed by atoms with Crippen LogP contribution in [0.3, 0.4) is 0 Å². The molecule has 42 heavy (non-hydrogen) atoms. The van der Waals surface area contributed by atoms with Crippen LogP contribution in [0.4, 0.5) is 5.69 Å². The van der Waals surface area contributed by atoms with E-state index in [1.807, 2.05) is 101 Å². The highest BCUT2D eigenvalue weighted by Gasteiger charge is 2.32. The molecule has 0 bridgehead atoms. The van der Waals surface area contributed by atoms with Gasteiger partial charge in [-0.15, -0.1) is 0 Å². The van der Waals surface area contributed by atoms with E-state index in [-0.39, 0.29) is 37.7 Å². The molecular weight excluding hydrogens is 570 g/mol. The van der Waals surface area contributed by atoms with Gasteiger partial charge in [0.2, 0.25) is 21.8 Å². The van der Waals surface area contributed by atoms with Crippen molar-refractivity contribution in [3.8, 4) is 0 Å². The number of sulfonamides is 1. The van der Waals surface area contributed by atoms with Gasteiger partial charge in [0.1, 0.15) is 6.04 Å². The summed E-state index contributed by atoms with van der Waals surface area (Å²) in [4.78, 5) is 29.3. The van der Waals surface area contributed by atoms with E-state index in [2.05, 4.69) is 5.32 Å². The van der Waals surface area contributed by atoms with E-state index in [4.69, 9.17) is 11.6 Å². The molecule has 3 rings (SSSR count). The quantitative estimate of drug-likeness (QED) is 0.270. The van der Waals surface area contributed by atoms with Crippen molar-refractivity contribution >= 4 is 39.1 Å². The van der Waals surface area contributed by atoms with Crippen LogP contribution in [0.1, 0.15) is 55.9 Å². The maximum absolute atomic E-state index is 14.0. The largest absolute Gasteiger partial charge is 0.350 e. The van der Waals surface area contributed by atoms with Crippen molar-refractivity contribution in [2.24, 2.45) is 0 Å². The Morgan fingerprint density at radius 1 is 0.952 bits per heavy atom. The number of rotatable bonds is 12. The first-order chi connectivity index (χ1) is 19.7. The number of hydrogen-bond donors (Lipinski definition) is 1. The molecular formula is C33H42ClN3O4S. The molecule has 0 aliphatic heterocycles. The van der Waals surface area contributed by atoms with Crippen LogP contribution in [-0.4, -0.2) is 49.5 Å². The molecule has 2 amide bonds. The van der Waals surface area contributed by atoms with Crippen molar-refractivity contribution in [1.82, 2.24) is 10.2 Å². The third-order valence-electron chi connectivity index (χ3n) is 6.85. The fourth-order valence-corrected chi connectivity index (χ4v) is 6.00. The van der Waals surface area contributed by atoms with E-state index < -0.39 is 21.6 Å². The Kier molecular flexibility index (Phi) is 11.2. The number of aryl methyl sites for hydroxylation is 2. The van der Waals surface area contributed by atoms with Crippen LogP contribution in [0, 0.1) is 13.8 Å². The van der Waals surface area contributed by atoms with Crippen molar-refractivity contribution in [3.05, 3.63) is 100 Å². The van der Waals surface area contributed by atoms with Gasteiger partial charge >= 0.3 is 0 Å². The van der Waals surface area contributed by atoms with Gasteiger partial charge in [-0.1, -0.05) is 72.3 Å². The molecule has 0 saturated heterocycles. The fourth-order valence-electron chi connectivity index (χ4n) is 4.79. The van der Waals surface area contributed by atoms with Crippen molar-refractivity contribution in [1.29, 1.82) is 0 Å². The molecule has 1 atom stereocenters. The Morgan fingerprint density at radius 3 is 2.21 bits per heavy atom. The predicted molar refractivity (Wildman–Crippen MR) is 171 cm³/mol. The fraction of sp³-hybridized carbons (Fsp3) is 0.394. The van der Waals surface area contributed by atoms with Gasteiger partial charge in [0.05, 0.1) is 11.9 Å². The summed E-state index contributed by atoms with van der Waals surface area (Å²) in [6.07, 6.45) is 1.82. The molecule has 0 heterocycles. The highest BCUT2D eigenvalue weighted by Crippen LogP contribution is 2.26. The van der Waals surface area contributed by atoms with Gasteiger partial charge in [0, 0.05) is 36.5 Å². The molecule has 0 fully saturated rings. The average molecular weight is 612 g/mol. The zero-order chi connectivity index (χ0) is 31.1. The Morgan fingerprint density at radius 2 is 1.60 bits per heavy atom. The normalized spacial score (nSPS) is 12.5. The molecule has 3 aromatic carbocycles. The van der Waals surface area contributed by atoms with Crippen LogP contribution < -0.4 is 9.62 Å². The molecule has 0 saturated carbocycles. The number of nitrogens with one attached hydrogen (secondary N) is 1. The molecule has 1 N–H and O–H groups in total. The number of amides is 2. The van der Waals surface area contributed by atoms with Gasteiger partial charge in [-0.25, -0.2) is 8.42 Å². The minimum Gasteiger partial charge on any atom is -0.350 e. The van der Waals surface area contributed by atoms with E-state index in [1.54, 1.807) is 11.0 Å². The van der Waals surface area contributed by atoms with Crippen LogP contribution in [0.25, 0.3) is 0 Å². The first kappa shape index (κ1) is 33.1. The molecule has 0 spiro atoms. The monoisotopic (exact) mass is 611 g/mol. The van der Waals surface area contributed by atoms with E-state index in [0.717, 1.165) is 22.3 Å². The molecule has 226 valence electrons. The lowest BCUT2D eigenvalue weighted by Gasteiger charge is -2.34. The van der Waals surface area contributed by atoms with Crippen molar-refractivity contribution < 1.29 is 18.0 Å². The minimum absolute atomic E-state index is 0.0510. The summed E-state index contributed by atoms with van der Waals surface area (Å²) in [5.41, 5.74) is 3.51. The molecule has 0 aromatic heterocycles. The van der Waals surface area contributed by atoms with Crippen LogP contribution in [-0.2, 0) is 32.6 Å². The van der Waals surface area contributed by atoms with E-state index in [9.17, 15) is 18.0 Å². The van der Waals surface area contributed by atoms with Crippen molar-refractivity contribution in [2.75, 3.05) is 17.1 Å². The van der Waals surface area contributed by atoms with Crippen LogP contribution in [0.2, 0.25) is 5.02 Å². The zero-order valence-electron chi connectivity index (χ0n) is 25.4. The maximum Gasteiger partial charge on any atom is 0.243 e. The third-order valence-corrected chi connectivity index (χ3v) is 8.40. The second-order valence-electron chi connectivity index (χ2n) is 11.8. The molecule has 9 heteroatoms. The van der Waals surface area contributed by atoms with Crippen molar-refractivity contribution in [3.63, 3.8) is 0 Å². The van der Waals surface area contributed by atoms with Crippen LogP contribution in [0.15, 0.2) is 72.8 Å². The van der Waals surface area contributed by atoms with Gasteiger partial charge < -0.3 is 10.2 Å². The van der Waals surface area contributed by atoms with E-state index >= 15 is 0 Å². The molecule has 0 unspecified atom stereocenters. The summed E-state index contributed by atoms with van der Waals surface area (Å²) in [5.74, 6) is -0.519. The highest BCUT2D eigenvalue weighted by molar-refractivity contribution is 7.92. The van der Waals surface area contributed by atoms with Gasteiger partial charge in [0.15, 0.2) is 0 Å². The number of halogens is 1. The van der Waals surface area contributed by atoms with Gasteiger partial charge in [0.25, 0.3) is 0 Å². The summed E-state index contributed by atoms with van der Waals surface area (Å²) in [7, 11) is -3.59.